The number of nitrogens with one attached hydrogen (secondary N) is 1. The minimum absolute atomic E-state index is 0.672. The molecule has 0 saturated carbocycles. The summed E-state index contributed by atoms with van der Waals surface area (Å²) in [6, 6.07) is 12.1. The van der Waals surface area contributed by atoms with E-state index in [1.165, 1.54) is 9.75 Å². The molecule has 0 unspecified atom stereocenters. The lowest BCUT2D eigenvalue weighted by atomic mass is 10.3. The first-order chi connectivity index (χ1) is 11.3. The Morgan fingerprint density at radius 2 is 2.00 bits per heavy atom. The summed E-state index contributed by atoms with van der Waals surface area (Å²) in [7, 11) is 0. The van der Waals surface area contributed by atoms with Crippen molar-refractivity contribution in [2.24, 2.45) is 10.1 Å². The van der Waals surface area contributed by atoms with Crippen LogP contribution >= 0.6 is 23.1 Å². The molecule has 0 bridgehead atoms. The first-order valence-electron chi connectivity index (χ1n) is 7.64. The minimum Gasteiger partial charge on any atom is -0.494 e. The minimum atomic E-state index is 0.672. The summed E-state index contributed by atoms with van der Waals surface area (Å²) in [5.41, 5.74) is 5.04. The Morgan fingerprint density at radius 3 is 2.61 bits per heavy atom. The van der Waals surface area contributed by atoms with Crippen molar-refractivity contribution in [3.05, 3.63) is 46.2 Å². The van der Waals surface area contributed by atoms with Gasteiger partial charge in [0.15, 0.2) is 5.17 Å². The topological polar surface area (TPSA) is 46.0 Å². The Hall–Kier alpha value is -1.79. The maximum atomic E-state index is 5.44. The Labute approximate surface area is 144 Å². The summed E-state index contributed by atoms with van der Waals surface area (Å²) in [5, 5.41) is 5.30. The summed E-state index contributed by atoms with van der Waals surface area (Å²) < 4.78 is 5.44. The molecule has 2 heterocycles. The van der Waals surface area contributed by atoms with Crippen LogP contribution in [0.4, 0.5) is 5.69 Å². The molecule has 1 aromatic heterocycles. The number of rotatable bonds is 5. The average Bonchev–Trinajstić information content (AvgIpc) is 3.07. The highest BCUT2D eigenvalue weighted by Crippen LogP contribution is 2.24. The molecule has 6 heteroatoms. The second kappa shape index (κ2) is 7.66. The molecular weight excluding hydrogens is 326 g/mol. The summed E-state index contributed by atoms with van der Waals surface area (Å²) >= 11 is 3.49. The molecule has 0 spiro atoms. The van der Waals surface area contributed by atoms with E-state index in [1.807, 2.05) is 42.5 Å². The van der Waals surface area contributed by atoms with E-state index in [9.17, 15) is 0 Å². The molecule has 4 nitrogen and oxygen atoms in total. The number of nitrogens with zero attached hydrogens (tertiary/aromatic N) is 2. The number of amidine groups is 1. The summed E-state index contributed by atoms with van der Waals surface area (Å²) in [6.07, 6.45) is 1.07. The molecule has 23 heavy (non-hydrogen) atoms. The molecule has 1 N–H and O–H groups in total. The maximum Gasteiger partial charge on any atom is 0.182 e. The van der Waals surface area contributed by atoms with Crippen LogP contribution in [0.1, 0.15) is 23.6 Å². The predicted molar refractivity (Wildman–Crippen MR) is 101 cm³/mol. The van der Waals surface area contributed by atoms with E-state index in [0.29, 0.717) is 6.61 Å². The molecule has 1 aliphatic rings. The number of benzene rings is 1. The fourth-order valence-corrected chi connectivity index (χ4v) is 3.92. The number of hydrazone groups is 1. The maximum absolute atomic E-state index is 5.44. The highest BCUT2D eigenvalue weighted by molar-refractivity contribution is 8.14. The zero-order valence-electron chi connectivity index (χ0n) is 13.2. The number of aryl methyl sites for hydroxylation is 1. The van der Waals surface area contributed by atoms with Gasteiger partial charge < -0.3 is 4.74 Å². The van der Waals surface area contributed by atoms with Crippen LogP contribution in [0.3, 0.4) is 0 Å². The van der Waals surface area contributed by atoms with Crippen molar-refractivity contribution >= 4 is 39.7 Å². The van der Waals surface area contributed by atoms with E-state index in [0.717, 1.165) is 34.5 Å². The molecule has 2 aromatic rings. The Morgan fingerprint density at radius 1 is 1.17 bits per heavy atom. The van der Waals surface area contributed by atoms with Crippen LogP contribution in [0.25, 0.3) is 0 Å². The molecule has 1 aromatic carbocycles. The van der Waals surface area contributed by atoms with Crippen LogP contribution in [0.5, 0.6) is 5.75 Å². The fraction of sp³-hybridized carbons (Fsp3) is 0.294. The summed E-state index contributed by atoms with van der Waals surface area (Å²) in [5.74, 6) is 1.71. The Balaban J connectivity index is 1.67. The molecule has 0 fully saturated rings. The van der Waals surface area contributed by atoms with Crippen LogP contribution in [-0.4, -0.2) is 23.2 Å². The number of ether oxygens (including phenoxy) is 1. The Kier molecular flexibility index (Phi) is 5.35. The van der Waals surface area contributed by atoms with Gasteiger partial charge in [-0.05, 0) is 49.7 Å². The third-order valence-corrected chi connectivity index (χ3v) is 5.46. The van der Waals surface area contributed by atoms with Gasteiger partial charge >= 0.3 is 0 Å². The monoisotopic (exact) mass is 345 g/mol. The number of thioether (sulfide) groups is 1. The van der Waals surface area contributed by atoms with E-state index in [-0.39, 0.29) is 0 Å². The highest BCUT2D eigenvalue weighted by Gasteiger charge is 2.14. The Bertz CT molecular complexity index is 720. The summed E-state index contributed by atoms with van der Waals surface area (Å²) in [6.45, 7) is 4.82. The van der Waals surface area contributed by atoms with Gasteiger partial charge in [0, 0.05) is 10.6 Å². The van der Waals surface area contributed by atoms with E-state index in [2.05, 4.69) is 34.6 Å². The second-order valence-electron chi connectivity index (χ2n) is 4.92. The van der Waals surface area contributed by atoms with Crippen molar-refractivity contribution in [1.29, 1.82) is 0 Å². The third-order valence-electron chi connectivity index (χ3n) is 3.31. The zero-order valence-corrected chi connectivity index (χ0v) is 14.8. The first-order valence-corrected chi connectivity index (χ1v) is 9.44. The first kappa shape index (κ1) is 16.1. The SMILES string of the molecule is CCOc1ccc(N=C2NN=C(c3ccc(CC)s3)CS2)cc1. The number of hydrogen-bond acceptors (Lipinski definition) is 5. The number of hydrogen-bond donors (Lipinski definition) is 1. The van der Waals surface area contributed by atoms with Crippen molar-refractivity contribution in [2.45, 2.75) is 20.3 Å². The normalized spacial score (nSPS) is 16.1. The van der Waals surface area contributed by atoms with E-state index >= 15 is 0 Å². The molecule has 0 saturated heterocycles. The van der Waals surface area contributed by atoms with Gasteiger partial charge in [-0.1, -0.05) is 18.7 Å². The lowest BCUT2D eigenvalue weighted by molar-refractivity contribution is 0.340. The lowest BCUT2D eigenvalue weighted by Gasteiger charge is -2.13. The van der Waals surface area contributed by atoms with Crippen molar-refractivity contribution < 1.29 is 4.74 Å². The lowest BCUT2D eigenvalue weighted by Crippen LogP contribution is -2.24. The average molecular weight is 345 g/mol. The predicted octanol–water partition coefficient (Wildman–Crippen LogP) is 4.44. The molecule has 0 radical (unpaired) electrons. The molecule has 0 atom stereocenters. The van der Waals surface area contributed by atoms with Gasteiger partial charge in [-0.3, -0.25) is 5.43 Å². The largest absolute Gasteiger partial charge is 0.494 e. The third kappa shape index (κ3) is 4.14. The van der Waals surface area contributed by atoms with Crippen LogP contribution in [0.2, 0.25) is 0 Å². The van der Waals surface area contributed by atoms with Gasteiger partial charge in [-0.2, -0.15) is 5.10 Å². The molecular formula is C17H19N3OS2. The number of aliphatic imine (C=N–C) groups is 1. The van der Waals surface area contributed by atoms with Crippen LogP contribution in [0, 0.1) is 0 Å². The number of thiophene rings is 1. The fourth-order valence-electron chi connectivity index (χ4n) is 2.12. The van der Waals surface area contributed by atoms with Gasteiger partial charge in [0.1, 0.15) is 5.75 Å². The van der Waals surface area contributed by atoms with Crippen LogP contribution in [-0.2, 0) is 6.42 Å². The molecule has 1 aliphatic heterocycles. The van der Waals surface area contributed by atoms with Gasteiger partial charge in [-0.15, -0.1) is 11.3 Å². The standard InChI is InChI=1S/C17H19N3OS2/c1-3-14-9-10-16(23-14)15-11-22-17(20-19-15)18-12-5-7-13(8-6-12)21-4-2/h5-10H,3-4,11H2,1-2H3,(H,18,20). The molecule has 0 amide bonds. The van der Waals surface area contributed by atoms with Crippen molar-refractivity contribution in [3.8, 4) is 5.75 Å². The van der Waals surface area contributed by atoms with Gasteiger partial charge in [0.2, 0.25) is 0 Å². The summed E-state index contributed by atoms with van der Waals surface area (Å²) in [4.78, 5) is 7.21. The van der Waals surface area contributed by atoms with Crippen LogP contribution < -0.4 is 10.2 Å². The molecule has 0 aliphatic carbocycles. The van der Waals surface area contributed by atoms with Gasteiger partial charge in [0.05, 0.1) is 22.9 Å². The molecule has 3 rings (SSSR count). The quantitative estimate of drug-likeness (QED) is 0.871. The smallest absolute Gasteiger partial charge is 0.182 e. The highest BCUT2D eigenvalue weighted by atomic mass is 32.2. The van der Waals surface area contributed by atoms with E-state index in [4.69, 9.17) is 4.74 Å². The van der Waals surface area contributed by atoms with Gasteiger partial charge in [0.25, 0.3) is 0 Å². The van der Waals surface area contributed by atoms with Crippen molar-refractivity contribution in [1.82, 2.24) is 5.43 Å². The van der Waals surface area contributed by atoms with Crippen molar-refractivity contribution in [3.63, 3.8) is 0 Å². The second-order valence-corrected chi connectivity index (χ2v) is 7.05. The van der Waals surface area contributed by atoms with E-state index in [1.54, 1.807) is 11.8 Å². The van der Waals surface area contributed by atoms with Crippen LogP contribution in [0.15, 0.2) is 46.5 Å². The van der Waals surface area contributed by atoms with Crippen molar-refractivity contribution in [2.75, 3.05) is 12.4 Å². The van der Waals surface area contributed by atoms with E-state index < -0.39 is 0 Å². The zero-order chi connectivity index (χ0) is 16.1. The molecule has 120 valence electrons. The van der Waals surface area contributed by atoms with Gasteiger partial charge in [-0.25, -0.2) is 4.99 Å².